The van der Waals surface area contributed by atoms with Crippen LogP contribution in [0.3, 0.4) is 0 Å². The van der Waals surface area contributed by atoms with Crippen molar-refractivity contribution in [1.29, 1.82) is 0 Å². The maximum absolute atomic E-state index is 5.82. The lowest BCUT2D eigenvalue weighted by atomic mass is 10.3. The van der Waals surface area contributed by atoms with Crippen LogP contribution in [0, 0.1) is 7.14 Å². The molecule has 0 N–H and O–H groups in total. The van der Waals surface area contributed by atoms with Crippen molar-refractivity contribution in [1.82, 2.24) is 9.80 Å². The summed E-state index contributed by atoms with van der Waals surface area (Å²) in [7, 11) is 8.13. The maximum atomic E-state index is 5.82. The molecule has 0 unspecified atom stereocenters. The smallest absolute Gasteiger partial charge is 0.134 e. The van der Waals surface area contributed by atoms with Gasteiger partial charge in [-0.05, 0) is 85.5 Å². The zero-order valence-electron chi connectivity index (χ0n) is 16.1. The SMILES string of the molecule is CN(C)CCOCCOc1cc(I)c(OCCOCCN(C)C)cc1I. The van der Waals surface area contributed by atoms with E-state index in [0.717, 1.165) is 31.7 Å². The highest BCUT2D eigenvalue weighted by atomic mass is 127. The molecular weight excluding hydrogens is 562 g/mol. The highest BCUT2D eigenvalue weighted by Gasteiger charge is 2.09. The maximum Gasteiger partial charge on any atom is 0.134 e. The first-order valence-corrected chi connectivity index (χ1v) is 10.8. The molecule has 150 valence electrons. The Hall–Kier alpha value is 0.120. The third-order valence-electron chi connectivity index (χ3n) is 3.32. The quantitative estimate of drug-likeness (QED) is 0.245. The van der Waals surface area contributed by atoms with E-state index in [4.69, 9.17) is 18.9 Å². The number of ether oxygens (including phenoxy) is 4. The van der Waals surface area contributed by atoms with Gasteiger partial charge in [0.05, 0.1) is 33.6 Å². The minimum Gasteiger partial charge on any atom is -0.490 e. The van der Waals surface area contributed by atoms with Gasteiger partial charge in [-0.2, -0.15) is 0 Å². The van der Waals surface area contributed by atoms with Crippen molar-refractivity contribution in [3.8, 4) is 11.5 Å². The van der Waals surface area contributed by atoms with Gasteiger partial charge in [0.2, 0.25) is 0 Å². The Bertz CT molecular complexity index is 470. The average Bonchev–Trinajstić information content (AvgIpc) is 2.57. The second kappa shape index (κ2) is 14.2. The number of hydrogen-bond acceptors (Lipinski definition) is 6. The zero-order chi connectivity index (χ0) is 19.4. The Balaban J connectivity index is 2.30. The van der Waals surface area contributed by atoms with Gasteiger partial charge in [0.1, 0.15) is 24.7 Å². The van der Waals surface area contributed by atoms with Crippen LogP contribution >= 0.6 is 45.2 Å². The molecule has 0 spiro atoms. The molecule has 1 aromatic rings. The third-order valence-corrected chi connectivity index (χ3v) is 5.01. The van der Waals surface area contributed by atoms with Gasteiger partial charge in [-0.15, -0.1) is 0 Å². The number of rotatable bonds is 14. The van der Waals surface area contributed by atoms with Crippen molar-refractivity contribution < 1.29 is 18.9 Å². The van der Waals surface area contributed by atoms with E-state index < -0.39 is 0 Å². The van der Waals surface area contributed by atoms with Crippen LogP contribution in [0.2, 0.25) is 0 Å². The second-order valence-electron chi connectivity index (χ2n) is 6.24. The summed E-state index contributed by atoms with van der Waals surface area (Å²) in [6.45, 7) is 5.52. The molecule has 0 saturated carbocycles. The van der Waals surface area contributed by atoms with Crippen LogP contribution in [0.4, 0.5) is 0 Å². The molecule has 1 aromatic carbocycles. The Morgan fingerprint density at radius 2 is 1.04 bits per heavy atom. The van der Waals surface area contributed by atoms with Crippen molar-refractivity contribution in [2.75, 3.05) is 80.9 Å². The Labute approximate surface area is 184 Å². The number of benzene rings is 1. The summed E-state index contributed by atoms with van der Waals surface area (Å²) in [5.41, 5.74) is 0. The Morgan fingerprint density at radius 1 is 0.654 bits per heavy atom. The van der Waals surface area contributed by atoms with E-state index in [-0.39, 0.29) is 0 Å². The van der Waals surface area contributed by atoms with Gasteiger partial charge < -0.3 is 28.7 Å². The van der Waals surface area contributed by atoms with Gasteiger partial charge in [0.25, 0.3) is 0 Å². The van der Waals surface area contributed by atoms with Crippen LogP contribution < -0.4 is 9.47 Å². The number of nitrogens with zero attached hydrogens (tertiary/aromatic N) is 2. The van der Waals surface area contributed by atoms with E-state index in [1.54, 1.807) is 0 Å². The monoisotopic (exact) mass is 592 g/mol. The number of hydrogen-bond donors (Lipinski definition) is 0. The summed E-state index contributed by atoms with van der Waals surface area (Å²) in [6, 6.07) is 4.01. The van der Waals surface area contributed by atoms with Gasteiger partial charge in [-0.3, -0.25) is 0 Å². The summed E-state index contributed by atoms with van der Waals surface area (Å²) in [5, 5.41) is 0. The van der Waals surface area contributed by atoms with E-state index in [1.165, 1.54) is 0 Å². The minimum atomic E-state index is 0.541. The van der Waals surface area contributed by atoms with Crippen LogP contribution in [-0.2, 0) is 9.47 Å². The van der Waals surface area contributed by atoms with E-state index in [2.05, 4.69) is 55.0 Å². The fourth-order valence-corrected chi connectivity index (χ4v) is 3.04. The van der Waals surface area contributed by atoms with Gasteiger partial charge in [-0.25, -0.2) is 0 Å². The van der Waals surface area contributed by atoms with Crippen molar-refractivity contribution in [2.45, 2.75) is 0 Å². The van der Waals surface area contributed by atoms with Gasteiger partial charge in [0.15, 0.2) is 0 Å². The van der Waals surface area contributed by atoms with E-state index in [9.17, 15) is 0 Å². The lowest BCUT2D eigenvalue weighted by molar-refractivity contribution is 0.0875. The van der Waals surface area contributed by atoms with E-state index >= 15 is 0 Å². The zero-order valence-corrected chi connectivity index (χ0v) is 20.4. The molecule has 0 fully saturated rings. The molecule has 6 nitrogen and oxygen atoms in total. The first-order valence-electron chi connectivity index (χ1n) is 8.59. The standard InChI is InChI=1S/C18H30I2N2O4/c1-21(2)5-7-23-9-11-25-17-13-16(20)18(14-15(17)19)26-12-10-24-8-6-22(3)4/h13-14H,5-12H2,1-4H3. The summed E-state index contributed by atoms with van der Waals surface area (Å²) in [6.07, 6.45) is 0. The van der Waals surface area contributed by atoms with Crippen molar-refractivity contribution >= 4 is 45.2 Å². The molecule has 0 amide bonds. The van der Waals surface area contributed by atoms with Gasteiger partial charge in [-0.1, -0.05) is 0 Å². The summed E-state index contributed by atoms with van der Waals surface area (Å²) in [5.74, 6) is 1.72. The molecule has 0 aliphatic rings. The highest BCUT2D eigenvalue weighted by molar-refractivity contribution is 14.1. The molecule has 0 saturated heterocycles. The molecular formula is C18H30I2N2O4. The predicted molar refractivity (Wildman–Crippen MR) is 122 cm³/mol. The van der Waals surface area contributed by atoms with E-state index in [0.29, 0.717) is 39.6 Å². The normalized spacial score (nSPS) is 11.4. The van der Waals surface area contributed by atoms with Crippen LogP contribution in [0.1, 0.15) is 0 Å². The average molecular weight is 592 g/mol. The molecule has 0 radical (unpaired) electrons. The van der Waals surface area contributed by atoms with Gasteiger partial charge >= 0.3 is 0 Å². The van der Waals surface area contributed by atoms with Crippen LogP contribution in [0.5, 0.6) is 11.5 Å². The van der Waals surface area contributed by atoms with Crippen molar-refractivity contribution in [3.63, 3.8) is 0 Å². The predicted octanol–water partition coefficient (Wildman–Crippen LogP) is 2.81. The fraction of sp³-hybridized carbons (Fsp3) is 0.667. The highest BCUT2D eigenvalue weighted by Crippen LogP contribution is 2.31. The molecule has 0 aliphatic heterocycles. The molecule has 8 heteroatoms. The summed E-state index contributed by atoms with van der Waals surface area (Å²) < 4.78 is 24.8. The Morgan fingerprint density at radius 3 is 1.38 bits per heavy atom. The van der Waals surface area contributed by atoms with Crippen LogP contribution in [-0.4, -0.2) is 90.7 Å². The summed E-state index contributed by atoms with van der Waals surface area (Å²) >= 11 is 4.54. The van der Waals surface area contributed by atoms with E-state index in [1.807, 2.05) is 40.3 Å². The molecule has 0 atom stereocenters. The molecule has 0 aromatic heterocycles. The van der Waals surface area contributed by atoms with Crippen molar-refractivity contribution in [2.24, 2.45) is 0 Å². The first-order chi connectivity index (χ1) is 12.4. The molecule has 26 heavy (non-hydrogen) atoms. The van der Waals surface area contributed by atoms with Crippen LogP contribution in [0.25, 0.3) is 0 Å². The molecule has 0 heterocycles. The second-order valence-corrected chi connectivity index (χ2v) is 8.57. The van der Waals surface area contributed by atoms with Crippen LogP contribution in [0.15, 0.2) is 12.1 Å². The number of likely N-dealkylation sites (N-methyl/N-ethyl adjacent to an activating group) is 2. The lowest BCUT2D eigenvalue weighted by Crippen LogP contribution is -2.19. The molecule has 0 bridgehead atoms. The lowest BCUT2D eigenvalue weighted by Gasteiger charge is -2.14. The number of halogens is 2. The largest absolute Gasteiger partial charge is 0.490 e. The van der Waals surface area contributed by atoms with Crippen molar-refractivity contribution in [3.05, 3.63) is 19.3 Å². The fourth-order valence-electron chi connectivity index (χ4n) is 1.85. The summed E-state index contributed by atoms with van der Waals surface area (Å²) in [4.78, 5) is 4.19. The molecule has 0 aliphatic carbocycles. The van der Waals surface area contributed by atoms with Gasteiger partial charge in [0, 0.05) is 13.1 Å². The third kappa shape index (κ3) is 11.1. The minimum absolute atomic E-state index is 0.541. The molecule has 1 rings (SSSR count). The topological polar surface area (TPSA) is 43.4 Å². The Kier molecular flexibility index (Phi) is 13.2. The first kappa shape index (κ1) is 24.2.